The number of hydrogen-bond donors (Lipinski definition) is 1. The molecule has 2 aliphatic rings. The largest absolute Gasteiger partial charge is 0.348 e. The lowest BCUT2D eigenvalue weighted by Crippen LogP contribution is -2.39. The average Bonchev–Trinajstić information content (AvgIpc) is 3.16. The number of aromatic nitrogens is 2. The van der Waals surface area contributed by atoms with Crippen LogP contribution < -0.4 is 5.32 Å². The van der Waals surface area contributed by atoms with Gasteiger partial charge in [-0.05, 0) is 98.9 Å². The van der Waals surface area contributed by atoms with Gasteiger partial charge in [0.05, 0.1) is 16.4 Å². The molecule has 1 amide bonds. The molecule has 0 aliphatic heterocycles. The highest BCUT2D eigenvalue weighted by Crippen LogP contribution is 2.37. The van der Waals surface area contributed by atoms with Crippen LogP contribution in [-0.2, 0) is 6.42 Å². The highest BCUT2D eigenvalue weighted by atomic mass is 35.5. The first-order valence-electron chi connectivity index (χ1n) is 13.3. The molecule has 1 saturated carbocycles. The Morgan fingerprint density at radius 1 is 0.973 bits per heavy atom. The third-order valence-electron chi connectivity index (χ3n) is 7.69. The molecule has 7 heteroatoms. The maximum atomic E-state index is 13.7. The van der Waals surface area contributed by atoms with Gasteiger partial charge in [0.15, 0.2) is 5.69 Å². The van der Waals surface area contributed by atoms with Crippen LogP contribution in [0.15, 0.2) is 42.5 Å². The number of hydrogen-bond acceptors (Lipinski definition) is 2. The van der Waals surface area contributed by atoms with Gasteiger partial charge in [0.1, 0.15) is 0 Å². The monoisotopic (exact) mass is 555 g/mol. The fraction of sp³-hybridized carbons (Fsp3) is 0.400. The van der Waals surface area contributed by atoms with Gasteiger partial charge >= 0.3 is 0 Å². The number of carbonyl (C=O) groups is 1. The Hall–Kier alpha value is -2.27. The molecule has 37 heavy (non-hydrogen) atoms. The van der Waals surface area contributed by atoms with E-state index in [1.807, 2.05) is 35.0 Å². The van der Waals surface area contributed by atoms with Crippen molar-refractivity contribution in [2.45, 2.75) is 70.8 Å². The Labute approximate surface area is 234 Å². The van der Waals surface area contributed by atoms with Gasteiger partial charge in [0.2, 0.25) is 0 Å². The van der Waals surface area contributed by atoms with E-state index in [0.29, 0.717) is 32.4 Å². The lowest BCUT2D eigenvalue weighted by molar-refractivity contribution is 0.0913. The van der Waals surface area contributed by atoms with Crippen LogP contribution >= 0.6 is 34.8 Å². The Bertz CT molecular complexity index is 1310. The molecule has 3 aromatic rings. The second-order valence-corrected chi connectivity index (χ2v) is 11.6. The molecule has 0 saturated heterocycles. The number of fused-ring (bicyclic) bond motifs is 1. The highest BCUT2D eigenvalue weighted by Gasteiger charge is 2.30. The molecule has 0 spiro atoms. The topological polar surface area (TPSA) is 46.9 Å². The number of carbonyl (C=O) groups excluding carboxylic acids is 1. The first-order valence-corrected chi connectivity index (χ1v) is 14.4. The van der Waals surface area contributed by atoms with Gasteiger partial charge in [0, 0.05) is 21.7 Å². The number of nitrogens with one attached hydrogen (secondary N) is 1. The Morgan fingerprint density at radius 2 is 1.68 bits per heavy atom. The molecule has 2 aliphatic carbocycles. The van der Waals surface area contributed by atoms with Gasteiger partial charge < -0.3 is 5.32 Å². The van der Waals surface area contributed by atoms with Crippen LogP contribution in [0.3, 0.4) is 0 Å². The van der Waals surface area contributed by atoms with E-state index in [1.54, 1.807) is 12.1 Å². The van der Waals surface area contributed by atoms with Gasteiger partial charge in [-0.25, -0.2) is 4.68 Å². The number of allylic oxidation sites excluding steroid dienone is 1. The normalized spacial score (nSPS) is 18.3. The molecule has 0 radical (unpaired) electrons. The Kier molecular flexibility index (Phi) is 8.28. The number of nitrogens with zero attached hydrogens (tertiary/aromatic N) is 2. The van der Waals surface area contributed by atoms with Crippen LogP contribution in [-0.4, -0.2) is 21.7 Å². The predicted octanol–water partition coefficient (Wildman–Crippen LogP) is 8.80. The summed E-state index contributed by atoms with van der Waals surface area (Å²) in [7, 11) is 0. The fourth-order valence-corrected chi connectivity index (χ4v) is 6.18. The standard InChI is InChI=1S/C30H32Cl3N3O/c1-19(21-7-3-2-4-8-21)34-30(37)28-25-10-6-5-9-22(17-20-11-13-23(31)14-12-20)29(25)36(35-28)27-18-24(32)15-16-26(27)33/h11-19,21H,2-10H2,1H3,(H,34,37)/t19-/m1/s1. The van der Waals surface area contributed by atoms with Gasteiger partial charge in [-0.15, -0.1) is 0 Å². The smallest absolute Gasteiger partial charge is 0.272 e. The molecule has 1 N–H and O–H groups in total. The molecule has 0 unspecified atom stereocenters. The second-order valence-electron chi connectivity index (χ2n) is 10.3. The van der Waals surface area contributed by atoms with Crippen molar-refractivity contribution in [3.05, 3.63) is 80.0 Å². The predicted molar refractivity (Wildman–Crippen MR) is 154 cm³/mol. The lowest BCUT2D eigenvalue weighted by atomic mass is 9.84. The zero-order valence-corrected chi connectivity index (χ0v) is 23.3. The van der Waals surface area contributed by atoms with Crippen LogP contribution in [0.1, 0.15) is 85.6 Å². The van der Waals surface area contributed by atoms with Crippen LogP contribution in [0.4, 0.5) is 0 Å². The summed E-state index contributed by atoms with van der Waals surface area (Å²) in [5.41, 5.74) is 5.24. The summed E-state index contributed by atoms with van der Waals surface area (Å²) in [6.07, 6.45) is 11.9. The van der Waals surface area contributed by atoms with Crippen molar-refractivity contribution in [2.24, 2.45) is 5.92 Å². The van der Waals surface area contributed by atoms with Crippen molar-refractivity contribution in [1.82, 2.24) is 15.1 Å². The summed E-state index contributed by atoms with van der Waals surface area (Å²) in [6.45, 7) is 2.13. The number of amides is 1. The minimum atomic E-state index is -0.112. The zero-order chi connectivity index (χ0) is 25.9. The maximum absolute atomic E-state index is 13.7. The maximum Gasteiger partial charge on any atom is 0.272 e. The quantitative estimate of drug-likeness (QED) is 0.319. The summed E-state index contributed by atoms with van der Waals surface area (Å²) in [5, 5.41) is 10.0. The summed E-state index contributed by atoms with van der Waals surface area (Å²) in [4.78, 5) is 13.7. The van der Waals surface area contributed by atoms with Crippen LogP contribution in [0.5, 0.6) is 0 Å². The van der Waals surface area contributed by atoms with Gasteiger partial charge in [-0.2, -0.15) is 5.10 Å². The van der Waals surface area contributed by atoms with Crippen molar-refractivity contribution in [3.63, 3.8) is 0 Å². The number of rotatable bonds is 5. The van der Waals surface area contributed by atoms with Gasteiger partial charge in [-0.1, -0.05) is 66.2 Å². The van der Waals surface area contributed by atoms with E-state index in [9.17, 15) is 4.79 Å². The van der Waals surface area contributed by atoms with Crippen molar-refractivity contribution in [1.29, 1.82) is 0 Å². The fourth-order valence-electron chi connectivity index (χ4n) is 5.69. The molecule has 1 fully saturated rings. The minimum Gasteiger partial charge on any atom is -0.348 e. The Balaban J connectivity index is 1.61. The highest BCUT2D eigenvalue weighted by molar-refractivity contribution is 6.34. The van der Waals surface area contributed by atoms with Crippen LogP contribution in [0.2, 0.25) is 15.1 Å². The number of halogens is 3. The second kappa shape index (κ2) is 11.6. The van der Waals surface area contributed by atoms with E-state index in [0.717, 1.165) is 48.1 Å². The molecular formula is C30H32Cl3N3O. The van der Waals surface area contributed by atoms with Crippen molar-refractivity contribution >= 4 is 52.4 Å². The third kappa shape index (κ3) is 5.92. The molecule has 4 nitrogen and oxygen atoms in total. The van der Waals surface area contributed by atoms with E-state index >= 15 is 0 Å². The van der Waals surface area contributed by atoms with Crippen molar-refractivity contribution < 1.29 is 4.79 Å². The summed E-state index contributed by atoms with van der Waals surface area (Å²) >= 11 is 19.2. The zero-order valence-electron chi connectivity index (χ0n) is 21.1. The SMILES string of the molecule is C[C@@H](NC(=O)c1nn(-c2cc(Cl)ccc2Cl)c2c1CCCCC2=Cc1ccc(Cl)cc1)C1CCCCC1. The molecule has 1 atom stereocenters. The third-order valence-corrected chi connectivity index (χ3v) is 8.50. The van der Waals surface area contributed by atoms with Gasteiger partial charge in [0.25, 0.3) is 5.91 Å². The van der Waals surface area contributed by atoms with Gasteiger partial charge in [-0.3, -0.25) is 4.79 Å². The average molecular weight is 557 g/mol. The molecular weight excluding hydrogens is 525 g/mol. The van der Waals surface area contributed by atoms with E-state index in [2.05, 4.69) is 18.3 Å². The molecule has 0 bridgehead atoms. The summed E-state index contributed by atoms with van der Waals surface area (Å²) in [6, 6.07) is 13.3. The first kappa shape index (κ1) is 26.3. The molecule has 194 valence electrons. The van der Waals surface area contributed by atoms with Crippen LogP contribution in [0, 0.1) is 5.92 Å². The van der Waals surface area contributed by atoms with E-state index in [4.69, 9.17) is 39.9 Å². The lowest BCUT2D eigenvalue weighted by Gasteiger charge is -2.28. The molecule has 5 rings (SSSR count). The summed E-state index contributed by atoms with van der Waals surface area (Å²) < 4.78 is 1.83. The molecule has 1 aromatic heterocycles. The minimum absolute atomic E-state index is 0.109. The van der Waals surface area contributed by atoms with Crippen molar-refractivity contribution in [3.8, 4) is 5.69 Å². The van der Waals surface area contributed by atoms with Crippen LogP contribution in [0.25, 0.3) is 17.3 Å². The van der Waals surface area contributed by atoms with E-state index < -0.39 is 0 Å². The van der Waals surface area contributed by atoms with Crippen molar-refractivity contribution in [2.75, 3.05) is 0 Å². The molecule has 1 heterocycles. The summed E-state index contributed by atoms with van der Waals surface area (Å²) in [5.74, 6) is 0.403. The van der Waals surface area contributed by atoms with E-state index in [-0.39, 0.29) is 11.9 Å². The first-order chi connectivity index (χ1) is 17.9. The number of benzene rings is 2. The van der Waals surface area contributed by atoms with E-state index in [1.165, 1.54) is 32.1 Å². The molecule has 2 aromatic carbocycles. The Morgan fingerprint density at radius 3 is 2.43 bits per heavy atom.